The quantitative estimate of drug-likeness (QED) is 0.792. The molecule has 7 heteroatoms. The van der Waals surface area contributed by atoms with E-state index >= 15 is 0 Å². The van der Waals surface area contributed by atoms with Crippen molar-refractivity contribution in [3.8, 4) is 5.69 Å². The Hall–Kier alpha value is -2.83. The molecule has 1 aromatic heterocycles. The van der Waals surface area contributed by atoms with E-state index in [-0.39, 0.29) is 23.1 Å². The van der Waals surface area contributed by atoms with Crippen molar-refractivity contribution in [3.63, 3.8) is 0 Å². The minimum absolute atomic E-state index is 0.0357. The zero-order chi connectivity index (χ0) is 20.5. The van der Waals surface area contributed by atoms with E-state index in [1.807, 2.05) is 47.1 Å². The lowest BCUT2D eigenvalue weighted by atomic mass is 9.95. The number of benzene rings is 1. The topological polar surface area (TPSA) is 67.6 Å². The van der Waals surface area contributed by atoms with Crippen molar-refractivity contribution in [2.75, 3.05) is 31.1 Å². The molecule has 0 unspecified atom stereocenters. The second-order valence-electron chi connectivity index (χ2n) is 8.05. The van der Waals surface area contributed by atoms with Crippen LogP contribution in [0.15, 0.2) is 39.9 Å². The number of hydrogen-bond donors (Lipinski definition) is 0. The summed E-state index contributed by atoms with van der Waals surface area (Å²) in [5.41, 5.74) is 1.33. The van der Waals surface area contributed by atoms with Gasteiger partial charge in [-0.05, 0) is 44.7 Å². The third kappa shape index (κ3) is 3.50. The van der Waals surface area contributed by atoms with Crippen molar-refractivity contribution in [1.29, 1.82) is 0 Å². The summed E-state index contributed by atoms with van der Waals surface area (Å²) in [5.74, 6) is 0.301. The van der Waals surface area contributed by atoms with Crippen LogP contribution in [0.5, 0.6) is 0 Å². The fourth-order valence-corrected chi connectivity index (χ4v) is 4.59. The average Bonchev–Trinajstić information content (AvgIpc) is 3.28. The summed E-state index contributed by atoms with van der Waals surface area (Å²) in [4.78, 5) is 42.5. The van der Waals surface area contributed by atoms with Crippen molar-refractivity contribution in [1.82, 2.24) is 14.0 Å². The molecular formula is C22H28N4O3. The molecule has 2 saturated heterocycles. The van der Waals surface area contributed by atoms with Gasteiger partial charge in [-0.1, -0.05) is 18.2 Å². The van der Waals surface area contributed by atoms with Crippen LogP contribution in [0.3, 0.4) is 0 Å². The first-order valence-corrected chi connectivity index (χ1v) is 10.4. The molecule has 0 atom stereocenters. The second-order valence-corrected chi connectivity index (χ2v) is 8.05. The lowest BCUT2D eigenvalue weighted by molar-refractivity contribution is -0.135. The molecule has 0 aliphatic carbocycles. The minimum Gasteiger partial charge on any atom is -0.366 e. The van der Waals surface area contributed by atoms with E-state index in [2.05, 4.69) is 0 Å². The van der Waals surface area contributed by atoms with Gasteiger partial charge in [0.15, 0.2) is 0 Å². The lowest BCUT2D eigenvalue weighted by Crippen LogP contribution is -2.47. The van der Waals surface area contributed by atoms with E-state index < -0.39 is 0 Å². The highest BCUT2D eigenvalue weighted by Gasteiger charge is 2.31. The van der Waals surface area contributed by atoms with E-state index in [1.54, 1.807) is 4.57 Å². The van der Waals surface area contributed by atoms with Crippen LogP contribution in [-0.2, 0) is 11.8 Å². The molecule has 0 bridgehead atoms. The molecule has 0 radical (unpaired) electrons. The van der Waals surface area contributed by atoms with Gasteiger partial charge in [-0.15, -0.1) is 0 Å². The van der Waals surface area contributed by atoms with Gasteiger partial charge in [-0.2, -0.15) is 0 Å². The van der Waals surface area contributed by atoms with Gasteiger partial charge in [-0.3, -0.25) is 18.7 Å². The summed E-state index contributed by atoms with van der Waals surface area (Å²) in [7, 11) is 1.52. The smallest absolute Gasteiger partial charge is 0.335 e. The van der Waals surface area contributed by atoms with Crippen LogP contribution >= 0.6 is 0 Å². The average molecular weight is 396 g/mol. The van der Waals surface area contributed by atoms with Crippen molar-refractivity contribution < 1.29 is 4.79 Å². The van der Waals surface area contributed by atoms with Crippen LogP contribution in [0.1, 0.15) is 31.4 Å². The van der Waals surface area contributed by atoms with Crippen LogP contribution in [-0.4, -0.2) is 46.1 Å². The summed E-state index contributed by atoms with van der Waals surface area (Å²) in [5, 5.41) is 0. The van der Waals surface area contributed by atoms with Gasteiger partial charge in [0.25, 0.3) is 5.56 Å². The molecule has 0 N–H and O–H groups in total. The largest absolute Gasteiger partial charge is 0.366 e. The normalized spacial score (nSPS) is 17.7. The minimum atomic E-state index is -0.346. The van der Waals surface area contributed by atoms with Gasteiger partial charge in [-0.25, -0.2) is 4.79 Å². The fraction of sp³-hybridized carbons (Fsp3) is 0.500. The summed E-state index contributed by atoms with van der Waals surface area (Å²) in [6.45, 7) is 4.87. The number of anilines is 1. The number of para-hydroxylation sites is 1. The lowest BCUT2D eigenvalue weighted by Gasteiger charge is -2.35. The molecule has 0 spiro atoms. The Bertz CT molecular complexity index is 1010. The fourth-order valence-electron chi connectivity index (χ4n) is 4.59. The van der Waals surface area contributed by atoms with Crippen molar-refractivity contribution in [3.05, 3.63) is 56.9 Å². The van der Waals surface area contributed by atoms with Crippen LogP contribution in [0, 0.1) is 12.8 Å². The molecule has 3 heterocycles. The second kappa shape index (κ2) is 7.89. The number of nitrogens with zero attached hydrogens (tertiary/aromatic N) is 4. The Labute approximate surface area is 170 Å². The number of amides is 1. The summed E-state index contributed by atoms with van der Waals surface area (Å²) in [6.07, 6.45) is 3.67. The maximum absolute atomic E-state index is 13.0. The number of likely N-dealkylation sites (tertiary alicyclic amines) is 1. The number of carbonyl (C=O) groups is 1. The summed E-state index contributed by atoms with van der Waals surface area (Å²) >= 11 is 0. The predicted octanol–water partition coefficient (Wildman–Crippen LogP) is 1.68. The number of aromatic nitrogens is 2. The Morgan fingerprint density at radius 2 is 1.59 bits per heavy atom. The van der Waals surface area contributed by atoms with Gasteiger partial charge in [0.05, 0.1) is 11.4 Å². The number of hydrogen-bond acceptors (Lipinski definition) is 4. The molecule has 154 valence electrons. The molecule has 4 rings (SSSR count). The monoisotopic (exact) mass is 396 g/mol. The van der Waals surface area contributed by atoms with Gasteiger partial charge in [0.2, 0.25) is 5.91 Å². The Kier molecular flexibility index (Phi) is 5.30. The highest BCUT2D eigenvalue weighted by Crippen LogP contribution is 2.26. The molecule has 7 nitrogen and oxygen atoms in total. The van der Waals surface area contributed by atoms with Crippen molar-refractivity contribution in [2.45, 2.75) is 32.6 Å². The van der Waals surface area contributed by atoms with Crippen LogP contribution < -0.4 is 16.1 Å². The van der Waals surface area contributed by atoms with Gasteiger partial charge in [0, 0.05) is 39.1 Å². The van der Waals surface area contributed by atoms with E-state index in [0.29, 0.717) is 24.5 Å². The standard InChI is InChI=1S/C22H28N4O3/c1-16-19(21(28)23(2)22(29)26(16)18-8-4-3-5-9-18)24-14-10-17(11-15-24)20(27)25-12-6-7-13-25/h3-5,8-9,17H,6-7,10-15H2,1-2H3. The van der Waals surface area contributed by atoms with Gasteiger partial charge >= 0.3 is 5.69 Å². The Morgan fingerprint density at radius 3 is 2.21 bits per heavy atom. The van der Waals surface area contributed by atoms with Gasteiger partial charge in [0.1, 0.15) is 5.69 Å². The molecule has 29 heavy (non-hydrogen) atoms. The van der Waals surface area contributed by atoms with Crippen LogP contribution in [0.25, 0.3) is 5.69 Å². The van der Waals surface area contributed by atoms with E-state index in [1.165, 1.54) is 11.6 Å². The molecular weight excluding hydrogens is 368 g/mol. The molecule has 2 aliphatic rings. The highest BCUT2D eigenvalue weighted by atomic mass is 16.2. The first-order valence-electron chi connectivity index (χ1n) is 10.4. The first-order chi connectivity index (χ1) is 14.0. The molecule has 2 aromatic rings. The number of carbonyl (C=O) groups excluding carboxylic acids is 1. The maximum Gasteiger partial charge on any atom is 0.335 e. The molecule has 0 saturated carbocycles. The van der Waals surface area contributed by atoms with Crippen LogP contribution in [0.2, 0.25) is 0 Å². The summed E-state index contributed by atoms with van der Waals surface area (Å²) < 4.78 is 2.77. The third-order valence-corrected chi connectivity index (χ3v) is 6.26. The SMILES string of the molecule is Cc1c(N2CCC(C(=O)N3CCCC3)CC2)c(=O)n(C)c(=O)n1-c1ccccc1. The zero-order valence-corrected chi connectivity index (χ0v) is 17.1. The Balaban J connectivity index is 1.63. The molecule has 2 aliphatic heterocycles. The van der Waals surface area contributed by atoms with Crippen molar-refractivity contribution >= 4 is 11.6 Å². The van der Waals surface area contributed by atoms with Gasteiger partial charge < -0.3 is 9.80 Å². The maximum atomic E-state index is 13.0. The number of piperidine rings is 1. The predicted molar refractivity (Wildman–Crippen MR) is 113 cm³/mol. The zero-order valence-electron chi connectivity index (χ0n) is 17.1. The van der Waals surface area contributed by atoms with Crippen LogP contribution in [0.4, 0.5) is 5.69 Å². The molecule has 1 aromatic carbocycles. The molecule has 2 fully saturated rings. The van der Waals surface area contributed by atoms with E-state index in [9.17, 15) is 14.4 Å². The van der Waals surface area contributed by atoms with E-state index in [4.69, 9.17) is 0 Å². The van der Waals surface area contributed by atoms with Crippen molar-refractivity contribution in [2.24, 2.45) is 13.0 Å². The summed E-state index contributed by atoms with van der Waals surface area (Å²) in [6, 6.07) is 9.38. The molecule has 1 amide bonds. The number of rotatable bonds is 3. The highest BCUT2D eigenvalue weighted by molar-refractivity contribution is 5.79. The van der Waals surface area contributed by atoms with E-state index in [0.717, 1.165) is 44.5 Å². The Morgan fingerprint density at radius 1 is 0.966 bits per heavy atom. The third-order valence-electron chi connectivity index (χ3n) is 6.26. The first kappa shape index (κ1) is 19.5.